The average Bonchev–Trinajstić information content (AvgIpc) is 3.69. The number of hydrogen-bond acceptors (Lipinski definition) is 2. The second kappa shape index (κ2) is 14.1. The summed E-state index contributed by atoms with van der Waals surface area (Å²) < 4.78 is 6.29. The summed E-state index contributed by atoms with van der Waals surface area (Å²) in [6.45, 7) is 0. The summed E-state index contributed by atoms with van der Waals surface area (Å²) in [7, 11) is 0. The molecular weight excluding hydrogens is 703 g/mol. The predicted octanol–water partition coefficient (Wildman–Crippen LogP) is 16.0. The van der Waals surface area contributed by atoms with Crippen LogP contribution in [0, 0.1) is 0 Å². The second-order valence-electron chi connectivity index (χ2n) is 14.9. The fourth-order valence-electron chi connectivity index (χ4n) is 8.54. The first-order chi connectivity index (χ1) is 28.7. The van der Waals surface area contributed by atoms with Crippen molar-refractivity contribution in [2.24, 2.45) is 0 Å². The molecule has 11 aromatic rings. The molecule has 1 aromatic heterocycles. The van der Waals surface area contributed by atoms with Crippen LogP contribution in [-0.2, 0) is 0 Å². The highest BCUT2D eigenvalue weighted by Gasteiger charge is 2.20. The van der Waals surface area contributed by atoms with Gasteiger partial charge in [0.1, 0.15) is 11.2 Å². The highest BCUT2D eigenvalue weighted by Crippen LogP contribution is 2.45. The van der Waals surface area contributed by atoms with E-state index in [2.05, 4.69) is 217 Å². The fraction of sp³-hybridized carbons (Fsp3) is 0. The van der Waals surface area contributed by atoms with Crippen LogP contribution in [0.2, 0.25) is 0 Å². The van der Waals surface area contributed by atoms with Gasteiger partial charge in [-0.05, 0) is 121 Å². The first-order valence-electron chi connectivity index (χ1n) is 19.8. The third kappa shape index (κ3) is 6.00. The molecule has 1 heterocycles. The number of hydrogen-bond donors (Lipinski definition) is 0. The normalized spacial score (nSPS) is 11.4. The Kier molecular flexibility index (Phi) is 8.19. The lowest BCUT2D eigenvalue weighted by atomic mass is 9.94. The van der Waals surface area contributed by atoms with Crippen molar-refractivity contribution >= 4 is 60.5 Å². The lowest BCUT2D eigenvalue weighted by Crippen LogP contribution is -2.11. The van der Waals surface area contributed by atoms with Crippen molar-refractivity contribution in [2.75, 3.05) is 4.90 Å². The van der Waals surface area contributed by atoms with Crippen LogP contribution in [0.1, 0.15) is 0 Å². The van der Waals surface area contributed by atoms with Crippen molar-refractivity contribution in [3.8, 4) is 44.5 Å². The van der Waals surface area contributed by atoms with Gasteiger partial charge in [-0.1, -0.05) is 164 Å². The molecule has 0 unspecified atom stereocenters. The standard InChI is InChI=1S/C56H37NO/c1-3-12-38(13-4-1)44-18-11-19-49(35-44)57(48-30-26-40(27-31-48)45-24-22-39-14-7-8-17-43(39)34-45)53-32-28-47(36-51(53)41-15-5-2-6-16-41)46-25-23-42-29-33-55-56(52(42)37-46)50-20-9-10-21-54(50)58-55/h1-37H. The van der Waals surface area contributed by atoms with Gasteiger partial charge >= 0.3 is 0 Å². The monoisotopic (exact) mass is 739 g/mol. The van der Waals surface area contributed by atoms with Crippen molar-refractivity contribution in [1.82, 2.24) is 0 Å². The van der Waals surface area contributed by atoms with Crippen molar-refractivity contribution in [2.45, 2.75) is 0 Å². The van der Waals surface area contributed by atoms with E-state index in [1.807, 2.05) is 12.1 Å². The molecule has 0 spiro atoms. The van der Waals surface area contributed by atoms with Gasteiger partial charge in [-0.25, -0.2) is 0 Å². The summed E-state index contributed by atoms with van der Waals surface area (Å²) in [5, 5.41) is 7.17. The number of fused-ring (bicyclic) bond motifs is 6. The molecule has 272 valence electrons. The highest BCUT2D eigenvalue weighted by atomic mass is 16.3. The molecule has 58 heavy (non-hydrogen) atoms. The van der Waals surface area contributed by atoms with Gasteiger partial charge in [0.05, 0.1) is 5.69 Å². The van der Waals surface area contributed by atoms with Gasteiger partial charge in [-0.3, -0.25) is 0 Å². The summed E-state index contributed by atoms with van der Waals surface area (Å²) in [6.07, 6.45) is 0. The average molecular weight is 740 g/mol. The number of anilines is 3. The molecule has 0 bridgehead atoms. The Morgan fingerprint density at radius 3 is 1.71 bits per heavy atom. The minimum Gasteiger partial charge on any atom is -0.456 e. The molecule has 0 atom stereocenters. The minimum atomic E-state index is 0.909. The molecule has 0 amide bonds. The molecule has 0 aliphatic rings. The molecule has 2 nitrogen and oxygen atoms in total. The van der Waals surface area contributed by atoms with E-state index in [0.29, 0.717) is 0 Å². The fourth-order valence-corrected chi connectivity index (χ4v) is 8.54. The first-order valence-corrected chi connectivity index (χ1v) is 19.8. The van der Waals surface area contributed by atoms with Crippen LogP contribution in [0.25, 0.3) is 88.0 Å². The van der Waals surface area contributed by atoms with Gasteiger partial charge in [0.15, 0.2) is 0 Å². The maximum Gasteiger partial charge on any atom is 0.136 e. The van der Waals surface area contributed by atoms with E-state index >= 15 is 0 Å². The summed E-state index contributed by atoms with van der Waals surface area (Å²) in [6, 6.07) is 80.9. The Bertz CT molecular complexity index is 3270. The number of para-hydroxylation sites is 1. The summed E-state index contributed by atoms with van der Waals surface area (Å²) >= 11 is 0. The zero-order valence-electron chi connectivity index (χ0n) is 31.7. The lowest BCUT2D eigenvalue weighted by Gasteiger charge is -2.29. The van der Waals surface area contributed by atoms with E-state index in [1.165, 1.54) is 43.8 Å². The van der Waals surface area contributed by atoms with Crippen LogP contribution < -0.4 is 4.90 Å². The number of furan rings is 1. The number of benzene rings is 10. The highest BCUT2D eigenvalue weighted by molar-refractivity contribution is 6.19. The van der Waals surface area contributed by atoms with E-state index in [9.17, 15) is 0 Å². The van der Waals surface area contributed by atoms with Gasteiger partial charge in [-0.2, -0.15) is 0 Å². The van der Waals surface area contributed by atoms with E-state index in [4.69, 9.17) is 4.42 Å². The molecule has 2 heteroatoms. The Morgan fingerprint density at radius 2 is 0.879 bits per heavy atom. The van der Waals surface area contributed by atoms with Crippen molar-refractivity contribution in [1.29, 1.82) is 0 Å². The molecule has 0 aliphatic heterocycles. The zero-order valence-corrected chi connectivity index (χ0v) is 31.7. The molecule has 11 rings (SSSR count). The van der Waals surface area contributed by atoms with Crippen molar-refractivity contribution in [3.63, 3.8) is 0 Å². The molecule has 0 saturated carbocycles. The molecule has 0 N–H and O–H groups in total. The largest absolute Gasteiger partial charge is 0.456 e. The molecule has 0 radical (unpaired) electrons. The molecular formula is C56H37NO. The molecule has 10 aromatic carbocycles. The number of nitrogens with zero attached hydrogens (tertiary/aromatic N) is 1. The van der Waals surface area contributed by atoms with E-state index in [-0.39, 0.29) is 0 Å². The smallest absolute Gasteiger partial charge is 0.136 e. The van der Waals surface area contributed by atoms with Crippen LogP contribution in [-0.4, -0.2) is 0 Å². The molecule has 0 aliphatic carbocycles. The topological polar surface area (TPSA) is 16.4 Å². The summed E-state index contributed by atoms with van der Waals surface area (Å²) in [5.41, 5.74) is 14.4. The third-order valence-electron chi connectivity index (χ3n) is 11.4. The van der Waals surface area contributed by atoms with Crippen LogP contribution in [0.5, 0.6) is 0 Å². The maximum absolute atomic E-state index is 6.29. The molecule has 0 saturated heterocycles. The minimum absolute atomic E-state index is 0.909. The predicted molar refractivity (Wildman–Crippen MR) is 245 cm³/mol. The Hall–Kier alpha value is -7.68. The van der Waals surface area contributed by atoms with Crippen LogP contribution in [0.15, 0.2) is 229 Å². The summed E-state index contributed by atoms with van der Waals surface area (Å²) in [4.78, 5) is 2.41. The van der Waals surface area contributed by atoms with Crippen LogP contribution in [0.3, 0.4) is 0 Å². The summed E-state index contributed by atoms with van der Waals surface area (Å²) in [5.74, 6) is 0. The van der Waals surface area contributed by atoms with Crippen molar-refractivity contribution in [3.05, 3.63) is 224 Å². The van der Waals surface area contributed by atoms with Gasteiger partial charge in [0, 0.05) is 27.7 Å². The maximum atomic E-state index is 6.29. The SMILES string of the molecule is c1ccc(-c2cccc(N(c3ccc(-c4ccc5ccccc5c4)cc3)c3ccc(-c4ccc5ccc6oc7ccccc7c6c5c4)cc3-c3ccccc3)c2)cc1. The lowest BCUT2D eigenvalue weighted by molar-refractivity contribution is 0.669. The quantitative estimate of drug-likeness (QED) is 0.162. The van der Waals surface area contributed by atoms with Gasteiger partial charge in [-0.15, -0.1) is 0 Å². The molecule has 0 fully saturated rings. The van der Waals surface area contributed by atoms with Gasteiger partial charge in [0.25, 0.3) is 0 Å². The second-order valence-corrected chi connectivity index (χ2v) is 14.9. The van der Waals surface area contributed by atoms with E-state index in [1.54, 1.807) is 0 Å². The van der Waals surface area contributed by atoms with E-state index in [0.717, 1.165) is 61.3 Å². The third-order valence-corrected chi connectivity index (χ3v) is 11.4. The van der Waals surface area contributed by atoms with Crippen LogP contribution in [0.4, 0.5) is 17.1 Å². The Labute approximate surface area is 337 Å². The van der Waals surface area contributed by atoms with Gasteiger partial charge in [0.2, 0.25) is 0 Å². The Balaban J connectivity index is 1.08. The zero-order chi connectivity index (χ0) is 38.4. The van der Waals surface area contributed by atoms with E-state index < -0.39 is 0 Å². The first kappa shape index (κ1) is 33.6. The number of rotatable bonds is 7. The van der Waals surface area contributed by atoms with Gasteiger partial charge < -0.3 is 9.32 Å². The van der Waals surface area contributed by atoms with Crippen LogP contribution >= 0.6 is 0 Å². The van der Waals surface area contributed by atoms with Crippen molar-refractivity contribution < 1.29 is 4.42 Å². The Morgan fingerprint density at radius 1 is 0.293 bits per heavy atom.